The number of nitrogens with zero attached hydrogens (tertiary/aromatic N) is 1. The van der Waals surface area contributed by atoms with Crippen molar-refractivity contribution in [2.45, 2.75) is 32.6 Å². The first-order valence-electron chi connectivity index (χ1n) is 10.1. The Hall–Kier alpha value is -3.53. The molecule has 0 fully saturated rings. The van der Waals surface area contributed by atoms with Crippen molar-refractivity contribution >= 4 is 45.9 Å². The monoisotopic (exact) mass is 458 g/mol. The van der Waals surface area contributed by atoms with E-state index in [1.165, 1.54) is 41.7 Å². The highest BCUT2D eigenvalue weighted by atomic mass is 32.1. The molecule has 0 saturated heterocycles. The molecule has 1 aromatic carbocycles. The van der Waals surface area contributed by atoms with Gasteiger partial charge < -0.3 is 14.8 Å². The van der Waals surface area contributed by atoms with Gasteiger partial charge in [0, 0.05) is 23.1 Å². The summed E-state index contributed by atoms with van der Waals surface area (Å²) in [4.78, 5) is 47.8. The summed E-state index contributed by atoms with van der Waals surface area (Å²) in [6.07, 6.45) is 6.17. The standard InChI is InChI=1S/C22H22N2O7S/c1-2-30-22(27)20-16-5-3-4-6-17(16)32-21(20)23-18(25)13-31-19(26)12-9-14-7-10-15(11-8-14)24(28)29/h7-12H,2-6,13H2,1H3,(H,23,25)/b12-9+. The van der Waals surface area contributed by atoms with E-state index in [4.69, 9.17) is 9.47 Å². The molecule has 0 unspecified atom stereocenters. The van der Waals surface area contributed by atoms with Gasteiger partial charge in [-0.25, -0.2) is 9.59 Å². The lowest BCUT2D eigenvalue weighted by molar-refractivity contribution is -0.384. The van der Waals surface area contributed by atoms with Gasteiger partial charge in [-0.1, -0.05) is 0 Å². The van der Waals surface area contributed by atoms with Crippen molar-refractivity contribution in [3.05, 3.63) is 62.0 Å². The number of nitro benzene ring substituents is 1. The summed E-state index contributed by atoms with van der Waals surface area (Å²) in [5.74, 6) is -1.77. The minimum absolute atomic E-state index is 0.0566. The molecule has 0 spiro atoms. The lowest BCUT2D eigenvalue weighted by Crippen LogP contribution is -2.21. The van der Waals surface area contributed by atoms with Gasteiger partial charge in [0.05, 0.1) is 17.1 Å². The Kier molecular flexibility index (Phi) is 7.72. The van der Waals surface area contributed by atoms with E-state index < -0.39 is 29.4 Å². The van der Waals surface area contributed by atoms with E-state index in [2.05, 4.69) is 5.32 Å². The predicted molar refractivity (Wildman–Crippen MR) is 119 cm³/mol. The van der Waals surface area contributed by atoms with Crippen LogP contribution in [0.15, 0.2) is 30.3 Å². The second kappa shape index (κ2) is 10.7. The van der Waals surface area contributed by atoms with Crippen molar-refractivity contribution in [1.82, 2.24) is 0 Å². The van der Waals surface area contributed by atoms with Crippen LogP contribution in [0.25, 0.3) is 6.08 Å². The molecule has 1 N–H and O–H groups in total. The van der Waals surface area contributed by atoms with Gasteiger partial charge in [-0.3, -0.25) is 14.9 Å². The number of esters is 2. The first-order chi connectivity index (χ1) is 15.4. The highest BCUT2D eigenvalue weighted by molar-refractivity contribution is 7.17. The number of benzene rings is 1. The molecular formula is C22H22N2O7S. The number of hydrogen-bond acceptors (Lipinski definition) is 8. The van der Waals surface area contributed by atoms with Crippen LogP contribution in [0.2, 0.25) is 0 Å². The summed E-state index contributed by atoms with van der Waals surface area (Å²) in [6.45, 7) is 1.43. The highest BCUT2D eigenvalue weighted by Gasteiger charge is 2.27. The van der Waals surface area contributed by atoms with E-state index in [9.17, 15) is 24.5 Å². The minimum atomic E-state index is -0.741. The van der Waals surface area contributed by atoms with Gasteiger partial charge in [0.1, 0.15) is 5.00 Å². The lowest BCUT2D eigenvalue weighted by Gasteiger charge is -2.12. The SMILES string of the molecule is CCOC(=O)c1c(NC(=O)COC(=O)/C=C/c2ccc([N+](=O)[O-])cc2)sc2c1CCCC2. The number of hydrogen-bond donors (Lipinski definition) is 1. The fraction of sp³-hybridized carbons (Fsp3) is 0.318. The Morgan fingerprint density at radius 1 is 1.16 bits per heavy atom. The van der Waals surface area contributed by atoms with Crippen molar-refractivity contribution in [3.63, 3.8) is 0 Å². The van der Waals surface area contributed by atoms with Crippen LogP contribution in [0.3, 0.4) is 0 Å². The minimum Gasteiger partial charge on any atom is -0.462 e. The number of anilines is 1. The van der Waals surface area contributed by atoms with Crippen molar-refractivity contribution in [2.75, 3.05) is 18.5 Å². The van der Waals surface area contributed by atoms with Crippen molar-refractivity contribution < 1.29 is 28.8 Å². The molecule has 0 bridgehead atoms. The first kappa shape index (κ1) is 23.1. The number of nitrogens with one attached hydrogen (secondary N) is 1. The molecule has 1 amide bonds. The average molecular weight is 458 g/mol. The third kappa shape index (κ3) is 5.79. The number of nitro groups is 1. The molecule has 0 atom stereocenters. The topological polar surface area (TPSA) is 125 Å². The Morgan fingerprint density at radius 3 is 2.56 bits per heavy atom. The molecule has 1 heterocycles. The molecule has 2 aromatic rings. The van der Waals surface area contributed by atoms with Gasteiger partial charge in [-0.15, -0.1) is 11.3 Å². The zero-order valence-electron chi connectivity index (χ0n) is 17.4. The average Bonchev–Trinajstić information content (AvgIpc) is 3.14. The maximum absolute atomic E-state index is 12.4. The van der Waals surface area contributed by atoms with Crippen LogP contribution in [0, 0.1) is 10.1 Å². The van der Waals surface area contributed by atoms with Crippen LogP contribution in [0.5, 0.6) is 0 Å². The molecule has 10 heteroatoms. The molecule has 32 heavy (non-hydrogen) atoms. The summed E-state index contributed by atoms with van der Waals surface area (Å²) in [5.41, 5.74) is 1.83. The van der Waals surface area contributed by atoms with Crippen molar-refractivity contribution in [2.24, 2.45) is 0 Å². The normalized spacial score (nSPS) is 12.8. The fourth-order valence-corrected chi connectivity index (χ4v) is 4.59. The summed E-state index contributed by atoms with van der Waals surface area (Å²) in [5, 5.41) is 13.7. The Bertz CT molecular complexity index is 1060. The second-order valence-electron chi connectivity index (χ2n) is 6.97. The van der Waals surface area contributed by atoms with Gasteiger partial charge in [-0.2, -0.15) is 0 Å². The van der Waals surface area contributed by atoms with E-state index in [0.717, 1.165) is 42.2 Å². The van der Waals surface area contributed by atoms with Gasteiger partial charge in [0.15, 0.2) is 6.61 Å². The summed E-state index contributed by atoms with van der Waals surface area (Å²) >= 11 is 1.35. The molecule has 168 valence electrons. The van der Waals surface area contributed by atoms with Gasteiger partial charge in [-0.05, 0) is 61.9 Å². The number of amides is 1. The maximum atomic E-state index is 12.4. The molecular weight excluding hydrogens is 436 g/mol. The van der Waals surface area contributed by atoms with Crippen LogP contribution in [0.1, 0.15) is 46.1 Å². The largest absolute Gasteiger partial charge is 0.462 e. The molecule has 0 radical (unpaired) electrons. The lowest BCUT2D eigenvalue weighted by atomic mass is 9.95. The first-order valence-corrected chi connectivity index (χ1v) is 10.9. The van der Waals surface area contributed by atoms with Crippen molar-refractivity contribution in [3.8, 4) is 0 Å². The Labute approximate surface area is 188 Å². The number of rotatable bonds is 8. The number of ether oxygens (including phenoxy) is 2. The van der Waals surface area contributed by atoms with Crippen LogP contribution in [-0.4, -0.2) is 36.0 Å². The van der Waals surface area contributed by atoms with Crippen molar-refractivity contribution in [1.29, 1.82) is 0 Å². The summed E-state index contributed by atoms with van der Waals surface area (Å²) in [7, 11) is 0. The Balaban J connectivity index is 1.58. The number of fused-ring (bicyclic) bond motifs is 1. The van der Waals surface area contributed by atoms with E-state index in [1.807, 2.05) is 0 Å². The smallest absolute Gasteiger partial charge is 0.341 e. The zero-order valence-corrected chi connectivity index (χ0v) is 18.2. The summed E-state index contributed by atoms with van der Waals surface area (Å²) < 4.78 is 10.1. The number of aryl methyl sites for hydroxylation is 1. The maximum Gasteiger partial charge on any atom is 0.341 e. The molecule has 1 aliphatic carbocycles. The van der Waals surface area contributed by atoms with E-state index in [-0.39, 0.29) is 12.3 Å². The third-order valence-corrected chi connectivity index (χ3v) is 5.97. The zero-order chi connectivity index (χ0) is 23.1. The van der Waals surface area contributed by atoms with E-state index in [0.29, 0.717) is 16.1 Å². The van der Waals surface area contributed by atoms with Gasteiger partial charge >= 0.3 is 11.9 Å². The van der Waals surface area contributed by atoms with Crippen LogP contribution < -0.4 is 5.32 Å². The molecule has 3 rings (SSSR count). The molecule has 1 aliphatic rings. The molecule has 0 saturated carbocycles. The van der Waals surface area contributed by atoms with Crippen LogP contribution in [-0.2, 0) is 31.9 Å². The summed E-state index contributed by atoms with van der Waals surface area (Å²) in [6, 6.07) is 5.62. The number of carbonyl (C=O) groups is 3. The van der Waals surface area contributed by atoms with E-state index in [1.54, 1.807) is 6.92 Å². The number of non-ortho nitro benzene ring substituents is 1. The fourth-order valence-electron chi connectivity index (χ4n) is 3.29. The molecule has 1 aromatic heterocycles. The number of thiophene rings is 1. The Morgan fingerprint density at radius 2 is 1.88 bits per heavy atom. The van der Waals surface area contributed by atoms with Gasteiger partial charge in [0.2, 0.25) is 0 Å². The quantitative estimate of drug-likeness (QED) is 0.275. The second-order valence-corrected chi connectivity index (χ2v) is 8.08. The third-order valence-electron chi connectivity index (χ3n) is 4.77. The predicted octanol–water partition coefficient (Wildman–Crippen LogP) is 3.91. The number of carbonyl (C=O) groups excluding carboxylic acids is 3. The van der Waals surface area contributed by atoms with Gasteiger partial charge in [0.25, 0.3) is 11.6 Å². The van der Waals surface area contributed by atoms with Crippen LogP contribution >= 0.6 is 11.3 Å². The molecule has 0 aliphatic heterocycles. The molecule has 9 nitrogen and oxygen atoms in total. The van der Waals surface area contributed by atoms with E-state index >= 15 is 0 Å². The van der Waals surface area contributed by atoms with Crippen LogP contribution in [0.4, 0.5) is 10.7 Å². The highest BCUT2D eigenvalue weighted by Crippen LogP contribution is 2.38.